The number of hydrogen-bond acceptors (Lipinski definition) is 3. The molecule has 0 aliphatic carbocycles. The molecule has 0 N–H and O–H groups in total. The fourth-order valence-corrected chi connectivity index (χ4v) is 2.66. The Morgan fingerprint density at radius 1 is 1.25 bits per heavy atom. The molecule has 100 valence electrons. The molecule has 0 fully saturated rings. The van der Waals surface area contributed by atoms with Gasteiger partial charge >= 0.3 is 0 Å². The van der Waals surface area contributed by atoms with Crippen LogP contribution in [0.15, 0.2) is 53.3 Å². The zero-order valence-electron chi connectivity index (χ0n) is 10.4. The molecule has 1 aromatic heterocycles. The molecule has 0 bridgehead atoms. The van der Waals surface area contributed by atoms with Crippen molar-refractivity contribution in [2.75, 3.05) is 0 Å². The van der Waals surface area contributed by atoms with Gasteiger partial charge in [0.2, 0.25) is 0 Å². The minimum absolute atomic E-state index is 0.0548. The summed E-state index contributed by atoms with van der Waals surface area (Å²) < 4.78 is 2.54. The molecular formula is C14H10BrN3O2. The van der Waals surface area contributed by atoms with Crippen molar-refractivity contribution in [1.29, 1.82) is 0 Å². The zero-order chi connectivity index (χ0) is 14.1. The largest absolute Gasteiger partial charge is 0.326 e. The maximum Gasteiger partial charge on any atom is 0.272 e. The molecule has 0 aliphatic heterocycles. The molecule has 0 saturated heterocycles. The van der Waals surface area contributed by atoms with E-state index in [-0.39, 0.29) is 5.69 Å². The van der Waals surface area contributed by atoms with Crippen molar-refractivity contribution < 1.29 is 4.92 Å². The van der Waals surface area contributed by atoms with Gasteiger partial charge in [-0.3, -0.25) is 10.1 Å². The summed E-state index contributed by atoms with van der Waals surface area (Å²) >= 11 is 3.33. The molecule has 20 heavy (non-hydrogen) atoms. The standard InChI is InChI=1S/C14H10BrN3O2/c15-12-6-11(18(19)20)7-13-14(12)16-9-17(13)8-10-4-2-1-3-5-10/h1-7,9H,8H2. The molecule has 3 aromatic rings. The molecule has 0 saturated carbocycles. The van der Waals surface area contributed by atoms with Gasteiger partial charge in [0.15, 0.2) is 0 Å². The lowest BCUT2D eigenvalue weighted by molar-refractivity contribution is -0.384. The van der Waals surface area contributed by atoms with Crippen LogP contribution in [0.2, 0.25) is 0 Å². The maximum atomic E-state index is 10.9. The zero-order valence-corrected chi connectivity index (χ0v) is 11.9. The topological polar surface area (TPSA) is 61.0 Å². The summed E-state index contributed by atoms with van der Waals surface area (Å²) in [5, 5.41) is 10.9. The quantitative estimate of drug-likeness (QED) is 0.542. The molecule has 3 rings (SSSR count). The molecule has 0 amide bonds. The number of rotatable bonds is 3. The Bertz CT molecular complexity index is 784. The van der Waals surface area contributed by atoms with E-state index in [9.17, 15) is 10.1 Å². The van der Waals surface area contributed by atoms with Gasteiger partial charge in [0, 0.05) is 18.7 Å². The second-order valence-electron chi connectivity index (χ2n) is 4.41. The van der Waals surface area contributed by atoms with Crippen molar-refractivity contribution in [3.05, 3.63) is 68.9 Å². The third-order valence-corrected chi connectivity index (χ3v) is 3.67. The van der Waals surface area contributed by atoms with Crippen molar-refractivity contribution in [3.8, 4) is 0 Å². The number of aromatic nitrogens is 2. The van der Waals surface area contributed by atoms with E-state index in [4.69, 9.17) is 0 Å². The average molecular weight is 332 g/mol. The Morgan fingerprint density at radius 2 is 2.00 bits per heavy atom. The summed E-state index contributed by atoms with van der Waals surface area (Å²) in [5.74, 6) is 0. The van der Waals surface area contributed by atoms with Crippen LogP contribution in [0.25, 0.3) is 11.0 Å². The number of nitrogens with zero attached hydrogens (tertiary/aromatic N) is 3. The summed E-state index contributed by atoms with van der Waals surface area (Å²) in [7, 11) is 0. The van der Waals surface area contributed by atoms with E-state index in [0.717, 1.165) is 16.6 Å². The van der Waals surface area contributed by atoms with Crippen molar-refractivity contribution in [3.63, 3.8) is 0 Å². The molecule has 0 aliphatic rings. The van der Waals surface area contributed by atoms with Crippen LogP contribution >= 0.6 is 15.9 Å². The van der Waals surface area contributed by atoms with E-state index in [2.05, 4.69) is 20.9 Å². The van der Waals surface area contributed by atoms with Crippen LogP contribution < -0.4 is 0 Å². The highest BCUT2D eigenvalue weighted by Gasteiger charge is 2.14. The highest BCUT2D eigenvalue weighted by molar-refractivity contribution is 9.10. The van der Waals surface area contributed by atoms with Crippen molar-refractivity contribution >= 4 is 32.7 Å². The lowest BCUT2D eigenvalue weighted by atomic mass is 10.2. The maximum absolute atomic E-state index is 10.9. The van der Waals surface area contributed by atoms with Gasteiger partial charge in [0.25, 0.3) is 5.69 Å². The smallest absolute Gasteiger partial charge is 0.272 e. The highest BCUT2D eigenvalue weighted by atomic mass is 79.9. The molecule has 0 unspecified atom stereocenters. The van der Waals surface area contributed by atoms with Crippen molar-refractivity contribution in [2.45, 2.75) is 6.54 Å². The number of fused-ring (bicyclic) bond motifs is 1. The minimum atomic E-state index is -0.399. The van der Waals surface area contributed by atoms with Crippen LogP contribution in [-0.2, 0) is 6.54 Å². The minimum Gasteiger partial charge on any atom is -0.326 e. The van der Waals surface area contributed by atoms with Gasteiger partial charge in [-0.15, -0.1) is 0 Å². The Morgan fingerprint density at radius 3 is 2.70 bits per heavy atom. The van der Waals surface area contributed by atoms with Gasteiger partial charge in [-0.05, 0) is 21.5 Å². The number of hydrogen-bond donors (Lipinski definition) is 0. The van der Waals surface area contributed by atoms with Gasteiger partial charge in [0.05, 0.1) is 21.2 Å². The summed E-state index contributed by atoms with van der Waals surface area (Å²) in [6.07, 6.45) is 1.70. The van der Waals surface area contributed by atoms with Crippen LogP contribution in [0.1, 0.15) is 5.56 Å². The van der Waals surface area contributed by atoms with Gasteiger partial charge < -0.3 is 4.57 Å². The van der Waals surface area contributed by atoms with E-state index in [1.807, 2.05) is 34.9 Å². The first-order chi connectivity index (χ1) is 9.65. The molecule has 2 aromatic carbocycles. The van der Waals surface area contributed by atoms with Crippen LogP contribution in [0.4, 0.5) is 5.69 Å². The van der Waals surface area contributed by atoms with Gasteiger partial charge in [-0.25, -0.2) is 4.98 Å². The molecule has 5 nitrogen and oxygen atoms in total. The predicted octanol–water partition coefficient (Wildman–Crippen LogP) is 3.76. The van der Waals surface area contributed by atoms with E-state index < -0.39 is 4.92 Å². The summed E-state index contributed by atoms with van der Waals surface area (Å²) in [5.41, 5.74) is 2.65. The summed E-state index contributed by atoms with van der Waals surface area (Å²) in [6.45, 7) is 0.630. The first-order valence-corrected chi connectivity index (χ1v) is 6.77. The van der Waals surface area contributed by atoms with Crippen LogP contribution in [-0.4, -0.2) is 14.5 Å². The highest BCUT2D eigenvalue weighted by Crippen LogP contribution is 2.28. The monoisotopic (exact) mass is 331 g/mol. The van der Waals surface area contributed by atoms with Gasteiger partial charge in [-0.1, -0.05) is 30.3 Å². The number of nitro benzene ring substituents is 1. The number of nitro groups is 1. The normalized spacial score (nSPS) is 10.8. The van der Waals surface area contributed by atoms with Crippen LogP contribution in [0, 0.1) is 10.1 Å². The van der Waals surface area contributed by atoms with Crippen molar-refractivity contribution in [2.24, 2.45) is 0 Å². The Hall–Kier alpha value is -2.21. The Kier molecular flexibility index (Phi) is 3.23. The fourth-order valence-electron chi connectivity index (χ4n) is 2.12. The van der Waals surface area contributed by atoms with Crippen LogP contribution in [0.3, 0.4) is 0 Å². The molecule has 0 radical (unpaired) electrons. The second kappa shape index (κ2) is 5.05. The molecule has 1 heterocycles. The summed E-state index contributed by atoms with van der Waals surface area (Å²) in [6, 6.07) is 12.9. The number of imidazole rings is 1. The van der Waals surface area contributed by atoms with Crippen LogP contribution in [0.5, 0.6) is 0 Å². The summed E-state index contributed by atoms with van der Waals surface area (Å²) in [4.78, 5) is 14.9. The Labute approximate surface area is 123 Å². The lowest BCUT2D eigenvalue weighted by Gasteiger charge is -2.04. The first-order valence-electron chi connectivity index (χ1n) is 5.98. The van der Waals surface area contributed by atoms with E-state index in [1.165, 1.54) is 6.07 Å². The number of non-ortho nitro benzene ring substituents is 1. The fraction of sp³-hybridized carbons (Fsp3) is 0.0714. The van der Waals surface area contributed by atoms with Gasteiger partial charge in [-0.2, -0.15) is 0 Å². The lowest BCUT2D eigenvalue weighted by Crippen LogP contribution is -1.98. The first kappa shape index (κ1) is 12.8. The van der Waals surface area contributed by atoms with E-state index in [0.29, 0.717) is 11.0 Å². The van der Waals surface area contributed by atoms with E-state index >= 15 is 0 Å². The molecular weight excluding hydrogens is 322 g/mol. The molecule has 0 atom stereocenters. The predicted molar refractivity (Wildman–Crippen MR) is 79.6 cm³/mol. The molecule has 0 spiro atoms. The van der Waals surface area contributed by atoms with E-state index in [1.54, 1.807) is 12.4 Å². The SMILES string of the molecule is O=[N+]([O-])c1cc(Br)c2ncn(Cc3ccccc3)c2c1. The van der Waals surface area contributed by atoms with Gasteiger partial charge in [0.1, 0.15) is 5.52 Å². The van der Waals surface area contributed by atoms with Crippen molar-refractivity contribution in [1.82, 2.24) is 9.55 Å². The number of benzene rings is 2. The third-order valence-electron chi connectivity index (χ3n) is 3.07. The second-order valence-corrected chi connectivity index (χ2v) is 5.26. The molecule has 6 heteroatoms. The average Bonchev–Trinajstić information content (AvgIpc) is 2.84. The third kappa shape index (κ3) is 2.30. The Balaban J connectivity index is 2.10. The number of halogens is 1.